The molecule has 0 saturated heterocycles. The van der Waals surface area contributed by atoms with Crippen LogP contribution >= 0.6 is 23.2 Å². The second-order valence-corrected chi connectivity index (χ2v) is 6.65. The van der Waals surface area contributed by atoms with Crippen molar-refractivity contribution >= 4 is 40.7 Å². The van der Waals surface area contributed by atoms with Crippen molar-refractivity contribution in [2.75, 3.05) is 11.9 Å². The van der Waals surface area contributed by atoms with Gasteiger partial charge in [-0.2, -0.15) is 0 Å². The first-order chi connectivity index (χ1) is 10.1. The highest BCUT2D eigenvalue weighted by molar-refractivity contribution is 6.53. The van der Waals surface area contributed by atoms with Crippen molar-refractivity contribution in [1.29, 1.82) is 0 Å². The zero-order valence-electron chi connectivity index (χ0n) is 11.3. The fraction of sp³-hybridized carbons (Fsp3) is 0.385. The van der Waals surface area contributed by atoms with Gasteiger partial charge in [-0.05, 0) is 25.5 Å². The zero-order valence-corrected chi connectivity index (χ0v) is 12.8. The first-order valence-electron chi connectivity index (χ1n) is 6.18. The van der Waals surface area contributed by atoms with Gasteiger partial charge in [0.05, 0.1) is 17.6 Å². The fourth-order valence-electron chi connectivity index (χ4n) is 1.82. The molecule has 0 heterocycles. The van der Waals surface area contributed by atoms with Gasteiger partial charge in [0, 0.05) is 0 Å². The molecule has 0 bridgehead atoms. The number of nitrogens with one attached hydrogen (secondary N) is 2. The maximum Gasteiger partial charge on any atom is 0.243 e. The van der Waals surface area contributed by atoms with E-state index in [9.17, 15) is 22.8 Å². The van der Waals surface area contributed by atoms with Gasteiger partial charge < -0.3 is 10.6 Å². The highest BCUT2D eigenvalue weighted by atomic mass is 35.5. The summed E-state index contributed by atoms with van der Waals surface area (Å²) in [7, 11) is 0. The third kappa shape index (κ3) is 3.01. The Morgan fingerprint density at radius 2 is 1.82 bits per heavy atom. The number of benzene rings is 1. The van der Waals surface area contributed by atoms with Crippen molar-refractivity contribution in [2.24, 2.45) is 5.41 Å². The van der Waals surface area contributed by atoms with Crippen molar-refractivity contribution in [3.05, 3.63) is 29.6 Å². The third-order valence-electron chi connectivity index (χ3n) is 3.48. The largest absolute Gasteiger partial charge is 0.346 e. The molecule has 4 nitrogen and oxygen atoms in total. The van der Waals surface area contributed by atoms with Gasteiger partial charge >= 0.3 is 0 Å². The van der Waals surface area contributed by atoms with Crippen LogP contribution in [0.25, 0.3) is 0 Å². The Hall–Kier alpha value is -1.47. The molecule has 2 rings (SSSR count). The van der Waals surface area contributed by atoms with E-state index < -0.39 is 51.2 Å². The van der Waals surface area contributed by atoms with Gasteiger partial charge in [0.2, 0.25) is 11.8 Å². The van der Waals surface area contributed by atoms with Crippen molar-refractivity contribution in [3.63, 3.8) is 0 Å². The average Bonchev–Trinajstić information content (AvgIpc) is 2.97. The van der Waals surface area contributed by atoms with E-state index in [0.29, 0.717) is 6.07 Å². The first kappa shape index (κ1) is 16.9. The number of anilines is 1. The number of halogens is 5. The molecule has 0 aliphatic heterocycles. The highest BCUT2D eigenvalue weighted by Gasteiger charge is 2.67. The topological polar surface area (TPSA) is 58.2 Å². The van der Waals surface area contributed by atoms with Crippen LogP contribution in [-0.2, 0) is 9.59 Å². The van der Waals surface area contributed by atoms with Crippen molar-refractivity contribution in [1.82, 2.24) is 5.32 Å². The van der Waals surface area contributed by atoms with E-state index in [-0.39, 0.29) is 6.42 Å². The number of hydrogen-bond acceptors (Lipinski definition) is 2. The Balaban J connectivity index is 1.92. The average molecular weight is 355 g/mol. The summed E-state index contributed by atoms with van der Waals surface area (Å²) in [5.74, 6) is -5.92. The minimum Gasteiger partial charge on any atom is -0.346 e. The molecule has 0 aromatic heterocycles. The van der Waals surface area contributed by atoms with Crippen LogP contribution in [0.4, 0.5) is 18.9 Å². The molecule has 22 heavy (non-hydrogen) atoms. The molecule has 2 N–H and O–H groups in total. The maximum atomic E-state index is 13.4. The van der Waals surface area contributed by atoms with E-state index >= 15 is 0 Å². The quantitative estimate of drug-likeness (QED) is 0.645. The highest BCUT2D eigenvalue weighted by Crippen LogP contribution is 2.63. The van der Waals surface area contributed by atoms with E-state index in [1.807, 2.05) is 5.32 Å². The molecular weight excluding hydrogens is 344 g/mol. The van der Waals surface area contributed by atoms with Crippen LogP contribution < -0.4 is 10.6 Å². The summed E-state index contributed by atoms with van der Waals surface area (Å²) in [6.07, 6.45) is 0.244. The van der Waals surface area contributed by atoms with Crippen molar-refractivity contribution in [3.8, 4) is 0 Å². The molecule has 1 fully saturated rings. The van der Waals surface area contributed by atoms with Gasteiger partial charge in [0.15, 0.2) is 17.5 Å². The van der Waals surface area contributed by atoms with Crippen LogP contribution in [0, 0.1) is 22.9 Å². The summed E-state index contributed by atoms with van der Waals surface area (Å²) in [4.78, 5) is 23.4. The van der Waals surface area contributed by atoms with Crippen LogP contribution in [0.15, 0.2) is 12.1 Å². The van der Waals surface area contributed by atoms with Gasteiger partial charge in [-0.15, -0.1) is 23.2 Å². The van der Waals surface area contributed by atoms with E-state index in [1.54, 1.807) is 0 Å². The molecule has 1 atom stereocenters. The Kier molecular flexibility index (Phi) is 4.32. The molecule has 1 aliphatic rings. The van der Waals surface area contributed by atoms with Crippen LogP contribution in [0.5, 0.6) is 0 Å². The summed E-state index contributed by atoms with van der Waals surface area (Å²) in [5.41, 5.74) is -1.52. The second-order valence-electron chi connectivity index (χ2n) is 5.17. The van der Waals surface area contributed by atoms with Crippen LogP contribution in [0.2, 0.25) is 0 Å². The smallest absolute Gasteiger partial charge is 0.243 e. The number of hydrogen-bond donors (Lipinski definition) is 2. The van der Waals surface area contributed by atoms with Gasteiger partial charge in [-0.25, -0.2) is 13.2 Å². The lowest BCUT2D eigenvalue weighted by Gasteiger charge is -2.13. The SMILES string of the molecule is CC1(C(=O)NCC(=O)Nc2ccc(F)c(F)c2F)CC1(Cl)Cl. The van der Waals surface area contributed by atoms with E-state index in [4.69, 9.17) is 23.2 Å². The molecule has 2 amide bonds. The Morgan fingerprint density at radius 3 is 2.36 bits per heavy atom. The maximum absolute atomic E-state index is 13.4. The number of carbonyl (C=O) groups is 2. The summed E-state index contributed by atoms with van der Waals surface area (Å²) in [5, 5.41) is 4.32. The molecule has 1 aliphatic carbocycles. The summed E-state index contributed by atoms with van der Waals surface area (Å²) >= 11 is 11.6. The lowest BCUT2D eigenvalue weighted by molar-refractivity contribution is -0.127. The van der Waals surface area contributed by atoms with E-state index in [1.165, 1.54) is 6.92 Å². The number of rotatable bonds is 4. The predicted molar refractivity (Wildman–Crippen MR) is 75.1 cm³/mol. The Labute approximate surface area is 134 Å². The van der Waals surface area contributed by atoms with Gasteiger partial charge in [0.25, 0.3) is 0 Å². The Morgan fingerprint density at radius 1 is 1.23 bits per heavy atom. The van der Waals surface area contributed by atoms with Crippen LogP contribution in [0.1, 0.15) is 13.3 Å². The lowest BCUT2D eigenvalue weighted by Crippen LogP contribution is -2.38. The third-order valence-corrected chi connectivity index (χ3v) is 4.58. The molecule has 1 aromatic carbocycles. The van der Waals surface area contributed by atoms with Crippen molar-refractivity contribution < 1.29 is 22.8 Å². The van der Waals surface area contributed by atoms with Crippen LogP contribution in [0.3, 0.4) is 0 Å². The number of carbonyl (C=O) groups excluding carboxylic acids is 2. The molecule has 1 saturated carbocycles. The van der Waals surface area contributed by atoms with Gasteiger partial charge in [-0.1, -0.05) is 0 Å². The standard InChI is InChI=1S/C13H11Cl2F3N2O2/c1-12(5-13(12,14)15)11(22)19-4-8(21)20-7-3-2-6(16)9(17)10(7)18/h2-3H,4-5H2,1H3,(H,19,22)(H,20,21). The number of amides is 2. The minimum absolute atomic E-state index is 0.244. The monoisotopic (exact) mass is 354 g/mol. The summed E-state index contributed by atoms with van der Waals surface area (Å²) in [6.45, 7) is 1.05. The molecule has 120 valence electrons. The molecule has 1 aromatic rings. The normalized spacial score (nSPS) is 22.1. The predicted octanol–water partition coefficient (Wildman–Crippen LogP) is 2.74. The zero-order chi connectivity index (χ0) is 16.7. The molecule has 1 unspecified atom stereocenters. The first-order valence-corrected chi connectivity index (χ1v) is 6.93. The van der Waals surface area contributed by atoms with Crippen LogP contribution in [-0.4, -0.2) is 22.7 Å². The molecule has 0 radical (unpaired) electrons. The minimum atomic E-state index is -1.69. The number of alkyl halides is 2. The second kappa shape index (κ2) is 5.62. The summed E-state index contributed by atoms with van der Waals surface area (Å²) in [6, 6.07) is 1.55. The van der Waals surface area contributed by atoms with E-state index in [0.717, 1.165) is 6.07 Å². The summed E-state index contributed by atoms with van der Waals surface area (Å²) < 4.78 is 37.9. The van der Waals surface area contributed by atoms with Gasteiger partial charge in [0.1, 0.15) is 4.33 Å². The fourth-order valence-corrected chi connectivity index (χ4v) is 2.52. The molecule has 0 spiro atoms. The molecular formula is C13H11Cl2F3N2O2. The Bertz CT molecular complexity index is 654. The van der Waals surface area contributed by atoms with Crippen molar-refractivity contribution in [2.45, 2.75) is 17.7 Å². The van der Waals surface area contributed by atoms with E-state index in [2.05, 4.69) is 5.32 Å². The van der Waals surface area contributed by atoms with Gasteiger partial charge in [-0.3, -0.25) is 9.59 Å². The lowest BCUT2D eigenvalue weighted by atomic mass is 10.1. The molecule has 9 heteroatoms.